The lowest BCUT2D eigenvalue weighted by molar-refractivity contribution is -0.138. The molecule has 0 bridgehead atoms. The molecule has 2 rings (SSSR count). The summed E-state index contributed by atoms with van der Waals surface area (Å²) in [5.74, 6) is -0.772. The quantitative estimate of drug-likeness (QED) is 0.913. The molecule has 1 atom stereocenters. The van der Waals surface area contributed by atoms with Crippen LogP contribution < -0.4 is 0 Å². The van der Waals surface area contributed by atoms with Crippen molar-refractivity contribution < 1.29 is 9.90 Å². The van der Waals surface area contributed by atoms with Crippen molar-refractivity contribution in [2.75, 3.05) is 13.1 Å². The number of rotatable bonds is 4. The maximum atomic E-state index is 11.0. The van der Waals surface area contributed by atoms with Crippen LogP contribution in [0.25, 0.3) is 0 Å². The number of carbonyl (C=O) groups is 1. The Balaban J connectivity index is 2.26. The van der Waals surface area contributed by atoms with Gasteiger partial charge in [0.2, 0.25) is 0 Å². The van der Waals surface area contributed by atoms with Crippen LogP contribution in [-0.4, -0.2) is 29.1 Å². The summed E-state index contributed by atoms with van der Waals surface area (Å²) < 4.78 is 0.836. The average Bonchev–Trinajstić information content (AvgIpc) is 2.83. The number of aliphatic carboxylic acids is 1. The highest BCUT2D eigenvalue weighted by molar-refractivity contribution is 9.10. The van der Waals surface area contributed by atoms with Crippen LogP contribution in [0.4, 0.5) is 0 Å². The molecule has 0 aromatic heterocycles. The van der Waals surface area contributed by atoms with Gasteiger partial charge in [-0.15, -0.1) is 0 Å². The summed E-state index contributed by atoms with van der Waals surface area (Å²) in [6.45, 7) is 1.93. The predicted octanol–water partition coefficient (Wildman–Crippen LogP) is 3.71. The summed E-state index contributed by atoms with van der Waals surface area (Å²) >= 11 is 9.44. The Morgan fingerprint density at radius 1 is 1.44 bits per heavy atom. The maximum absolute atomic E-state index is 11.0. The highest BCUT2D eigenvalue weighted by Gasteiger charge is 2.25. The minimum absolute atomic E-state index is 0.0735. The van der Waals surface area contributed by atoms with Crippen LogP contribution in [0.15, 0.2) is 22.7 Å². The van der Waals surface area contributed by atoms with Gasteiger partial charge in [-0.2, -0.15) is 0 Å². The van der Waals surface area contributed by atoms with E-state index >= 15 is 0 Å². The second-order valence-corrected chi connectivity index (χ2v) is 5.79. The number of halogens is 2. The Kier molecular flexibility index (Phi) is 4.65. The van der Waals surface area contributed by atoms with E-state index in [2.05, 4.69) is 20.8 Å². The Morgan fingerprint density at radius 3 is 2.67 bits per heavy atom. The van der Waals surface area contributed by atoms with E-state index in [1.54, 1.807) is 0 Å². The summed E-state index contributed by atoms with van der Waals surface area (Å²) in [5, 5.41) is 9.69. The van der Waals surface area contributed by atoms with Crippen LogP contribution in [0.1, 0.15) is 30.9 Å². The number of nitrogens with zero attached hydrogens (tertiary/aromatic N) is 1. The first kappa shape index (κ1) is 13.8. The van der Waals surface area contributed by atoms with Crippen LogP contribution in [0, 0.1) is 0 Å². The monoisotopic (exact) mass is 331 g/mol. The standard InChI is InChI=1S/C13H15BrClNO2/c14-10-4-3-9(7-11(10)15)12(8-13(17)18)16-5-1-2-6-16/h3-4,7,12H,1-2,5-6,8H2,(H,17,18). The number of hydrogen-bond acceptors (Lipinski definition) is 2. The molecular formula is C13H15BrClNO2. The molecule has 1 aromatic carbocycles. The van der Waals surface area contributed by atoms with Gasteiger partial charge in [-0.1, -0.05) is 17.7 Å². The van der Waals surface area contributed by atoms with E-state index in [1.807, 2.05) is 18.2 Å². The van der Waals surface area contributed by atoms with Gasteiger partial charge in [0.25, 0.3) is 0 Å². The Bertz CT molecular complexity index is 447. The van der Waals surface area contributed by atoms with Crippen molar-refractivity contribution in [2.24, 2.45) is 0 Å². The van der Waals surface area contributed by atoms with Crippen molar-refractivity contribution in [3.05, 3.63) is 33.3 Å². The first-order chi connectivity index (χ1) is 8.58. The Morgan fingerprint density at radius 2 is 2.11 bits per heavy atom. The minimum atomic E-state index is -0.772. The lowest BCUT2D eigenvalue weighted by atomic mass is 10.0. The molecule has 1 unspecified atom stereocenters. The van der Waals surface area contributed by atoms with Crippen molar-refractivity contribution in [3.8, 4) is 0 Å². The molecule has 0 amide bonds. The van der Waals surface area contributed by atoms with Crippen LogP contribution in [-0.2, 0) is 4.79 Å². The van der Waals surface area contributed by atoms with Gasteiger partial charge in [0.15, 0.2) is 0 Å². The molecule has 1 aliphatic rings. The first-order valence-electron chi connectivity index (χ1n) is 5.98. The molecule has 5 heteroatoms. The highest BCUT2D eigenvalue weighted by atomic mass is 79.9. The molecule has 0 spiro atoms. The van der Waals surface area contributed by atoms with Crippen LogP contribution in [0.2, 0.25) is 5.02 Å². The van der Waals surface area contributed by atoms with E-state index in [4.69, 9.17) is 16.7 Å². The first-order valence-corrected chi connectivity index (χ1v) is 7.16. The van der Waals surface area contributed by atoms with Crippen LogP contribution in [0.3, 0.4) is 0 Å². The number of benzene rings is 1. The van der Waals surface area contributed by atoms with E-state index in [0.29, 0.717) is 5.02 Å². The number of likely N-dealkylation sites (tertiary alicyclic amines) is 1. The summed E-state index contributed by atoms with van der Waals surface area (Å²) in [5.41, 5.74) is 0.979. The Hall–Kier alpha value is -0.580. The second-order valence-electron chi connectivity index (χ2n) is 4.53. The van der Waals surface area contributed by atoms with E-state index in [1.165, 1.54) is 0 Å². The summed E-state index contributed by atoms with van der Waals surface area (Å²) in [4.78, 5) is 13.3. The van der Waals surface area contributed by atoms with Gasteiger partial charge in [-0.25, -0.2) is 0 Å². The third-order valence-electron chi connectivity index (χ3n) is 3.28. The van der Waals surface area contributed by atoms with Crippen molar-refractivity contribution in [3.63, 3.8) is 0 Å². The molecule has 1 saturated heterocycles. The molecule has 18 heavy (non-hydrogen) atoms. The Labute approximate surface area is 120 Å². The zero-order valence-electron chi connectivity index (χ0n) is 9.90. The third kappa shape index (κ3) is 3.25. The zero-order chi connectivity index (χ0) is 13.1. The molecule has 3 nitrogen and oxygen atoms in total. The summed E-state index contributed by atoms with van der Waals surface area (Å²) in [6.07, 6.45) is 2.40. The lowest BCUT2D eigenvalue weighted by Crippen LogP contribution is -2.27. The maximum Gasteiger partial charge on any atom is 0.305 e. The summed E-state index contributed by atoms with van der Waals surface area (Å²) in [7, 11) is 0. The van der Waals surface area contributed by atoms with Crippen molar-refractivity contribution in [1.82, 2.24) is 4.90 Å². The fourth-order valence-electron chi connectivity index (χ4n) is 2.40. The van der Waals surface area contributed by atoms with Crippen molar-refractivity contribution in [2.45, 2.75) is 25.3 Å². The van der Waals surface area contributed by atoms with Gasteiger partial charge in [0.05, 0.1) is 11.4 Å². The van der Waals surface area contributed by atoms with E-state index in [0.717, 1.165) is 36.0 Å². The molecule has 98 valence electrons. The minimum Gasteiger partial charge on any atom is -0.481 e. The molecular weight excluding hydrogens is 318 g/mol. The molecule has 0 saturated carbocycles. The van der Waals surface area contributed by atoms with Gasteiger partial charge in [0.1, 0.15) is 0 Å². The topological polar surface area (TPSA) is 40.5 Å². The second kappa shape index (κ2) is 6.04. The van der Waals surface area contributed by atoms with Crippen LogP contribution in [0.5, 0.6) is 0 Å². The van der Waals surface area contributed by atoms with E-state index < -0.39 is 5.97 Å². The number of hydrogen-bond donors (Lipinski definition) is 1. The zero-order valence-corrected chi connectivity index (χ0v) is 12.2. The average molecular weight is 333 g/mol. The smallest absolute Gasteiger partial charge is 0.305 e. The number of carboxylic acid groups (broad SMARTS) is 1. The lowest BCUT2D eigenvalue weighted by Gasteiger charge is -2.26. The van der Waals surface area contributed by atoms with Gasteiger partial charge in [-0.3, -0.25) is 9.69 Å². The molecule has 1 aliphatic heterocycles. The fourth-order valence-corrected chi connectivity index (χ4v) is 2.83. The molecule has 1 N–H and O–H groups in total. The summed E-state index contributed by atoms with van der Waals surface area (Å²) in [6, 6.07) is 5.61. The van der Waals surface area contributed by atoms with Crippen molar-refractivity contribution >= 4 is 33.5 Å². The van der Waals surface area contributed by atoms with Gasteiger partial charge < -0.3 is 5.11 Å². The van der Waals surface area contributed by atoms with Gasteiger partial charge >= 0.3 is 5.97 Å². The highest BCUT2D eigenvalue weighted by Crippen LogP contribution is 2.32. The largest absolute Gasteiger partial charge is 0.481 e. The number of carboxylic acids is 1. The van der Waals surface area contributed by atoms with Crippen LogP contribution >= 0.6 is 27.5 Å². The SMILES string of the molecule is O=C(O)CC(c1ccc(Br)c(Cl)c1)N1CCCC1. The van der Waals surface area contributed by atoms with E-state index in [-0.39, 0.29) is 12.5 Å². The predicted molar refractivity (Wildman–Crippen MR) is 75.0 cm³/mol. The fraction of sp³-hybridized carbons (Fsp3) is 0.462. The molecule has 1 fully saturated rings. The van der Waals surface area contributed by atoms with Crippen molar-refractivity contribution in [1.29, 1.82) is 0 Å². The molecule has 1 aromatic rings. The molecule has 0 aliphatic carbocycles. The van der Waals surface area contributed by atoms with E-state index in [9.17, 15) is 4.79 Å². The third-order valence-corrected chi connectivity index (χ3v) is 4.51. The molecule has 1 heterocycles. The normalized spacial score (nSPS) is 17.9. The van der Waals surface area contributed by atoms with Gasteiger partial charge in [0, 0.05) is 10.5 Å². The van der Waals surface area contributed by atoms with Gasteiger partial charge in [-0.05, 0) is 59.6 Å². The molecule has 0 radical (unpaired) electrons.